The molecule has 4 rings (SSSR count). The largest absolute Gasteiger partial charge is 0.465 e. The van der Waals surface area contributed by atoms with Crippen LogP contribution in [0.1, 0.15) is 25.5 Å². The minimum Gasteiger partial charge on any atom is -0.465 e. The highest BCUT2D eigenvalue weighted by atomic mass is 35.5. The summed E-state index contributed by atoms with van der Waals surface area (Å²) in [4.78, 5) is 41.5. The number of imide groups is 1. The zero-order valence-corrected chi connectivity index (χ0v) is 21.9. The zero-order valence-electron chi connectivity index (χ0n) is 21.2. The summed E-state index contributed by atoms with van der Waals surface area (Å²) in [5.41, 5.74) is 1.24. The summed E-state index contributed by atoms with van der Waals surface area (Å²) in [5, 5.41) is 10.2. The molecule has 0 aromatic heterocycles. The van der Waals surface area contributed by atoms with Crippen LogP contribution in [0.3, 0.4) is 0 Å². The first kappa shape index (κ1) is 26.8. The Morgan fingerprint density at radius 3 is 2.13 bits per heavy atom. The Labute approximate surface area is 225 Å². The maximum Gasteiger partial charge on any atom is 0.417 e. The lowest BCUT2D eigenvalue weighted by Gasteiger charge is -2.32. The third-order valence-corrected chi connectivity index (χ3v) is 6.22. The minimum atomic E-state index is -1.37. The molecule has 0 saturated carbocycles. The number of carbonyl (C=O) groups excluding carboxylic acids is 2. The summed E-state index contributed by atoms with van der Waals surface area (Å²) in [6.07, 6.45) is -3.11. The predicted octanol–water partition coefficient (Wildman–Crippen LogP) is 6.84. The maximum absolute atomic E-state index is 13.2. The second-order valence-corrected chi connectivity index (χ2v) is 9.67. The van der Waals surface area contributed by atoms with E-state index in [1.54, 1.807) is 48.5 Å². The molecule has 1 aliphatic heterocycles. The van der Waals surface area contributed by atoms with Crippen molar-refractivity contribution in [3.05, 3.63) is 89.4 Å². The van der Waals surface area contributed by atoms with Gasteiger partial charge < -0.3 is 14.6 Å². The third kappa shape index (κ3) is 5.84. The highest BCUT2D eigenvalue weighted by Crippen LogP contribution is 2.39. The van der Waals surface area contributed by atoms with Gasteiger partial charge in [0.25, 0.3) is 0 Å². The molecule has 198 valence electrons. The average molecular weight is 538 g/mol. The Morgan fingerprint density at radius 2 is 1.58 bits per heavy atom. The molecule has 1 saturated heterocycles. The second kappa shape index (κ2) is 11.4. The van der Waals surface area contributed by atoms with Crippen LogP contribution in [0.5, 0.6) is 11.5 Å². The van der Waals surface area contributed by atoms with Crippen LogP contribution in [0, 0.1) is 5.92 Å². The van der Waals surface area contributed by atoms with Crippen LogP contribution in [0.25, 0.3) is 0 Å². The Hall–Kier alpha value is -4.24. The van der Waals surface area contributed by atoms with Crippen LogP contribution in [0.2, 0.25) is 5.02 Å². The maximum atomic E-state index is 13.2. The molecule has 1 N–H and O–H groups in total. The molecule has 0 bridgehead atoms. The van der Waals surface area contributed by atoms with Gasteiger partial charge in [-0.2, -0.15) is 0 Å². The van der Waals surface area contributed by atoms with E-state index in [1.165, 1.54) is 11.9 Å². The Balaban J connectivity index is 1.63. The van der Waals surface area contributed by atoms with E-state index in [0.29, 0.717) is 22.2 Å². The molecule has 2 atom stereocenters. The molecule has 0 spiro atoms. The summed E-state index contributed by atoms with van der Waals surface area (Å²) in [7, 11) is 1.43. The molecule has 9 nitrogen and oxygen atoms in total. The number of rotatable bonds is 7. The van der Waals surface area contributed by atoms with E-state index in [4.69, 9.17) is 21.1 Å². The number of benzene rings is 3. The van der Waals surface area contributed by atoms with Gasteiger partial charge in [-0.15, -0.1) is 0 Å². The predicted molar refractivity (Wildman–Crippen MR) is 143 cm³/mol. The van der Waals surface area contributed by atoms with Gasteiger partial charge in [-0.1, -0.05) is 55.8 Å². The average Bonchev–Trinajstić information content (AvgIpc) is 3.25. The van der Waals surface area contributed by atoms with E-state index in [9.17, 15) is 19.5 Å². The molecule has 3 aromatic rings. The number of carboxylic acid groups (broad SMARTS) is 1. The quantitative estimate of drug-likeness (QED) is 0.354. The number of urea groups is 1. The van der Waals surface area contributed by atoms with E-state index < -0.39 is 30.5 Å². The summed E-state index contributed by atoms with van der Waals surface area (Å²) in [6, 6.07) is 21.4. The Morgan fingerprint density at radius 1 is 1.00 bits per heavy atom. The van der Waals surface area contributed by atoms with Crippen LogP contribution < -0.4 is 9.64 Å². The zero-order chi connectivity index (χ0) is 27.4. The second-order valence-electron chi connectivity index (χ2n) is 9.23. The fourth-order valence-electron chi connectivity index (χ4n) is 4.20. The highest BCUT2D eigenvalue weighted by molar-refractivity contribution is 6.30. The van der Waals surface area contributed by atoms with Crippen LogP contribution in [0.4, 0.5) is 20.1 Å². The summed E-state index contributed by atoms with van der Waals surface area (Å²) in [6.45, 7) is 3.63. The van der Waals surface area contributed by atoms with Gasteiger partial charge in [0.15, 0.2) is 0 Å². The molecule has 1 fully saturated rings. The topological polar surface area (TPSA) is 99.6 Å². The number of cyclic esters (lactones) is 1. The molecule has 4 amide bonds. The van der Waals surface area contributed by atoms with Crippen molar-refractivity contribution < 1.29 is 29.0 Å². The highest BCUT2D eigenvalue weighted by Gasteiger charge is 2.48. The number of hydrogen-bond acceptors (Lipinski definition) is 5. The normalized spacial score (nSPS) is 16.8. The van der Waals surface area contributed by atoms with E-state index in [-0.39, 0.29) is 12.5 Å². The molecule has 10 heteroatoms. The smallest absolute Gasteiger partial charge is 0.417 e. The van der Waals surface area contributed by atoms with Gasteiger partial charge in [0.1, 0.15) is 17.5 Å². The van der Waals surface area contributed by atoms with Gasteiger partial charge in [-0.25, -0.2) is 19.3 Å². The standard InChI is InChI=1S/C28H28ClN3O6/c1-18(2)17-31(27(34)35)26(33)30(3)25-24(19-7-5-4-6-8-19)32(28(36)38-25)21-11-15-23(16-12-21)37-22-13-9-20(29)10-14-22/h4-16,18,24-25H,17H2,1-3H3,(H,34,35)/t24-,25-/m0/s1. The van der Waals surface area contributed by atoms with Crippen LogP contribution in [0.15, 0.2) is 78.9 Å². The van der Waals surface area contributed by atoms with Crippen molar-refractivity contribution in [3.8, 4) is 11.5 Å². The van der Waals surface area contributed by atoms with Gasteiger partial charge in [0, 0.05) is 24.3 Å². The van der Waals surface area contributed by atoms with Crippen molar-refractivity contribution in [3.63, 3.8) is 0 Å². The van der Waals surface area contributed by atoms with Gasteiger partial charge >= 0.3 is 18.2 Å². The third-order valence-electron chi connectivity index (χ3n) is 5.96. The van der Waals surface area contributed by atoms with Crippen molar-refractivity contribution in [1.82, 2.24) is 9.80 Å². The molecule has 1 aliphatic rings. The monoisotopic (exact) mass is 537 g/mol. The lowest BCUT2D eigenvalue weighted by Crippen LogP contribution is -2.51. The number of anilines is 1. The number of hydrogen-bond donors (Lipinski definition) is 1. The molecular weight excluding hydrogens is 510 g/mol. The first-order chi connectivity index (χ1) is 18.2. The van der Waals surface area contributed by atoms with Crippen molar-refractivity contribution in [2.24, 2.45) is 5.92 Å². The van der Waals surface area contributed by atoms with Gasteiger partial charge in [-0.3, -0.25) is 9.80 Å². The molecule has 38 heavy (non-hydrogen) atoms. The summed E-state index contributed by atoms with van der Waals surface area (Å²) >= 11 is 5.93. The lowest BCUT2D eigenvalue weighted by molar-refractivity contribution is 0.0309. The van der Waals surface area contributed by atoms with E-state index in [2.05, 4.69) is 0 Å². The summed E-state index contributed by atoms with van der Waals surface area (Å²) in [5.74, 6) is 1.08. The fraction of sp³-hybridized carbons (Fsp3) is 0.250. The number of likely N-dealkylation sites (N-methyl/N-ethyl adjacent to an activating group) is 1. The lowest BCUT2D eigenvalue weighted by atomic mass is 10.0. The minimum absolute atomic E-state index is 0.00791. The fourth-order valence-corrected chi connectivity index (χ4v) is 4.33. The molecule has 1 heterocycles. The van der Waals surface area contributed by atoms with Crippen molar-refractivity contribution in [2.45, 2.75) is 26.1 Å². The van der Waals surface area contributed by atoms with Gasteiger partial charge in [0.05, 0.1) is 0 Å². The molecular formula is C28H28ClN3O6. The van der Waals surface area contributed by atoms with Crippen molar-refractivity contribution in [1.29, 1.82) is 0 Å². The molecule has 0 radical (unpaired) electrons. The number of amides is 4. The van der Waals surface area contributed by atoms with Gasteiger partial charge in [-0.05, 0) is 60.0 Å². The van der Waals surface area contributed by atoms with Crippen LogP contribution in [-0.2, 0) is 4.74 Å². The molecule has 0 aliphatic carbocycles. The Bertz CT molecular complexity index is 1280. The summed E-state index contributed by atoms with van der Waals surface area (Å²) < 4.78 is 11.5. The number of nitrogens with zero attached hydrogens (tertiary/aromatic N) is 3. The van der Waals surface area contributed by atoms with E-state index >= 15 is 0 Å². The van der Waals surface area contributed by atoms with Gasteiger partial charge in [0.2, 0.25) is 6.23 Å². The SMILES string of the molecule is CC(C)CN(C(=O)O)C(=O)N(C)[C@H]1OC(=O)N(c2ccc(Oc3ccc(Cl)cc3)cc2)[C@H]1c1ccccc1. The van der Waals surface area contributed by atoms with Crippen molar-refractivity contribution >= 4 is 35.5 Å². The Kier molecular flexibility index (Phi) is 8.07. The molecule has 3 aromatic carbocycles. The number of halogens is 1. The van der Waals surface area contributed by atoms with E-state index in [1.807, 2.05) is 44.2 Å². The first-order valence-corrected chi connectivity index (χ1v) is 12.4. The number of ether oxygens (including phenoxy) is 2. The first-order valence-electron chi connectivity index (χ1n) is 12.0. The van der Waals surface area contributed by atoms with Crippen LogP contribution in [-0.4, -0.2) is 52.9 Å². The van der Waals surface area contributed by atoms with E-state index in [0.717, 1.165) is 15.4 Å². The van der Waals surface area contributed by atoms with Crippen LogP contribution >= 0.6 is 11.6 Å². The van der Waals surface area contributed by atoms with Crippen molar-refractivity contribution in [2.75, 3.05) is 18.5 Å². The number of carbonyl (C=O) groups is 3. The molecule has 0 unspecified atom stereocenters.